The zero-order valence-corrected chi connectivity index (χ0v) is 15.0. The maximum absolute atomic E-state index is 14.1. The maximum atomic E-state index is 14.1. The molecule has 1 aromatic heterocycles. The van der Waals surface area contributed by atoms with Crippen molar-refractivity contribution in [3.05, 3.63) is 71.4 Å². The summed E-state index contributed by atoms with van der Waals surface area (Å²) in [6.07, 6.45) is 1.42. The first-order chi connectivity index (χ1) is 12.0. The number of nitrogens with zero attached hydrogens (tertiary/aromatic N) is 1. The van der Waals surface area contributed by atoms with Gasteiger partial charge in [0.05, 0.1) is 17.8 Å². The summed E-state index contributed by atoms with van der Waals surface area (Å²) in [4.78, 5) is 4.20. The van der Waals surface area contributed by atoms with Crippen LogP contribution in [0.1, 0.15) is 19.4 Å². The summed E-state index contributed by atoms with van der Waals surface area (Å²) in [5.74, 6) is -0.639. The molecular formula is C20H18ClF2NO. The Morgan fingerprint density at radius 3 is 2.48 bits per heavy atom. The molecule has 0 atom stereocenters. The maximum Gasteiger partial charge on any atom is 0.132 e. The number of hydrogen-bond donors (Lipinski definition) is 0. The Hall–Kier alpha value is -2.46. The van der Waals surface area contributed by atoms with Gasteiger partial charge in [-0.1, -0.05) is 44.2 Å². The van der Waals surface area contributed by atoms with Crippen molar-refractivity contribution in [1.29, 1.82) is 0 Å². The van der Waals surface area contributed by atoms with Crippen molar-refractivity contribution in [3.8, 4) is 11.3 Å². The van der Waals surface area contributed by atoms with E-state index < -0.39 is 11.6 Å². The van der Waals surface area contributed by atoms with Gasteiger partial charge in [-0.15, -0.1) is 0 Å². The van der Waals surface area contributed by atoms with E-state index in [0.717, 1.165) is 18.2 Å². The summed E-state index contributed by atoms with van der Waals surface area (Å²) in [7, 11) is 1.51. The second-order valence-electron chi connectivity index (χ2n) is 4.97. The Kier molecular flexibility index (Phi) is 6.10. The monoisotopic (exact) mass is 361 g/mol. The van der Waals surface area contributed by atoms with Crippen LogP contribution in [0.15, 0.2) is 49.2 Å². The van der Waals surface area contributed by atoms with E-state index in [4.69, 9.17) is 16.3 Å². The number of hydrogen-bond acceptors (Lipinski definition) is 2. The fraction of sp³-hybridized carbons (Fsp3) is 0.150. The van der Waals surface area contributed by atoms with E-state index in [1.807, 2.05) is 13.8 Å². The first-order valence-electron chi connectivity index (χ1n) is 7.78. The Labute approximate surface area is 150 Å². The van der Waals surface area contributed by atoms with E-state index in [9.17, 15) is 8.78 Å². The predicted octanol–water partition coefficient (Wildman–Crippen LogP) is 6.48. The molecule has 25 heavy (non-hydrogen) atoms. The van der Waals surface area contributed by atoms with Gasteiger partial charge in [-0.25, -0.2) is 8.78 Å². The topological polar surface area (TPSA) is 22.1 Å². The van der Waals surface area contributed by atoms with Crippen LogP contribution in [0.4, 0.5) is 8.78 Å². The molecule has 0 aliphatic heterocycles. The number of benzene rings is 2. The lowest BCUT2D eigenvalue weighted by Crippen LogP contribution is -1.93. The lowest BCUT2D eigenvalue weighted by molar-refractivity contribution is 0.371. The normalized spacial score (nSPS) is 10.2. The molecule has 0 radical (unpaired) electrons. The Morgan fingerprint density at radius 2 is 1.80 bits per heavy atom. The molecule has 0 fully saturated rings. The summed E-state index contributed by atoms with van der Waals surface area (Å²) in [6.45, 7) is 7.80. The van der Waals surface area contributed by atoms with Crippen molar-refractivity contribution in [2.75, 3.05) is 7.11 Å². The Balaban J connectivity index is 0.00000109. The predicted molar refractivity (Wildman–Crippen MR) is 99.5 cm³/mol. The van der Waals surface area contributed by atoms with Gasteiger partial charge in [0.2, 0.25) is 0 Å². The van der Waals surface area contributed by atoms with Crippen molar-refractivity contribution < 1.29 is 13.5 Å². The molecular weight excluding hydrogens is 344 g/mol. The first-order valence-corrected chi connectivity index (χ1v) is 8.16. The summed E-state index contributed by atoms with van der Waals surface area (Å²) in [5.41, 5.74) is 1.10. The van der Waals surface area contributed by atoms with Gasteiger partial charge in [-0.2, -0.15) is 0 Å². The fourth-order valence-electron chi connectivity index (χ4n) is 2.39. The third kappa shape index (κ3) is 3.80. The fourth-order valence-corrected chi connectivity index (χ4v) is 2.61. The highest BCUT2D eigenvalue weighted by molar-refractivity contribution is 6.35. The van der Waals surface area contributed by atoms with Crippen molar-refractivity contribution in [2.45, 2.75) is 13.8 Å². The summed E-state index contributed by atoms with van der Waals surface area (Å²) in [5, 5.41) is 1.71. The highest BCUT2D eigenvalue weighted by atomic mass is 35.5. The highest BCUT2D eigenvalue weighted by Crippen LogP contribution is 2.34. The molecule has 0 N–H and O–H groups in total. The van der Waals surface area contributed by atoms with Crippen LogP contribution >= 0.6 is 11.6 Å². The standard InChI is InChI=1S/C18H12ClF2NO.C2H6/c1-10(23-2)11-3-5-13-14(7-11)18(22-9-16(13)19)15-8-12(20)4-6-17(15)21;1-2/h3-9H,1H2,2H3;1-2H3. The molecule has 0 saturated carbocycles. The number of ether oxygens (including phenoxy) is 1. The van der Waals surface area contributed by atoms with E-state index in [1.54, 1.807) is 18.2 Å². The average Bonchev–Trinajstić information content (AvgIpc) is 2.65. The number of halogens is 3. The van der Waals surface area contributed by atoms with E-state index in [0.29, 0.717) is 32.8 Å². The van der Waals surface area contributed by atoms with Crippen molar-refractivity contribution in [3.63, 3.8) is 0 Å². The highest BCUT2D eigenvalue weighted by Gasteiger charge is 2.14. The van der Waals surface area contributed by atoms with Crippen LogP contribution < -0.4 is 0 Å². The van der Waals surface area contributed by atoms with Gasteiger partial charge in [0.25, 0.3) is 0 Å². The van der Waals surface area contributed by atoms with Gasteiger partial charge in [-0.3, -0.25) is 4.98 Å². The van der Waals surface area contributed by atoms with Crippen LogP contribution in [0.3, 0.4) is 0 Å². The molecule has 0 aliphatic rings. The SMILES string of the molecule is C=C(OC)c1ccc2c(Cl)cnc(-c3cc(F)ccc3F)c2c1.CC. The number of methoxy groups -OCH3 is 1. The molecule has 0 spiro atoms. The molecule has 5 heteroatoms. The Morgan fingerprint density at radius 1 is 1.08 bits per heavy atom. The second kappa shape index (κ2) is 8.08. The smallest absolute Gasteiger partial charge is 0.132 e. The molecule has 0 bridgehead atoms. The quantitative estimate of drug-likeness (QED) is 0.498. The van der Waals surface area contributed by atoms with Crippen molar-refractivity contribution in [2.24, 2.45) is 0 Å². The van der Waals surface area contributed by atoms with Gasteiger partial charge < -0.3 is 4.74 Å². The van der Waals surface area contributed by atoms with Crippen LogP contribution in [0.5, 0.6) is 0 Å². The van der Waals surface area contributed by atoms with Crippen molar-refractivity contribution >= 4 is 28.1 Å². The summed E-state index contributed by atoms with van der Waals surface area (Å²) in [6, 6.07) is 8.58. The van der Waals surface area contributed by atoms with Gasteiger partial charge in [0.15, 0.2) is 0 Å². The number of rotatable bonds is 3. The van der Waals surface area contributed by atoms with Gasteiger partial charge in [0.1, 0.15) is 17.4 Å². The molecule has 0 unspecified atom stereocenters. The number of pyridine rings is 1. The molecule has 1 heterocycles. The third-order valence-corrected chi connectivity index (χ3v) is 3.89. The molecule has 0 saturated heterocycles. The Bertz CT molecular complexity index is 925. The van der Waals surface area contributed by atoms with Crippen LogP contribution in [0.25, 0.3) is 27.8 Å². The van der Waals surface area contributed by atoms with Crippen LogP contribution in [-0.4, -0.2) is 12.1 Å². The molecule has 130 valence electrons. The molecule has 0 aliphatic carbocycles. The minimum Gasteiger partial charge on any atom is -0.497 e. The summed E-state index contributed by atoms with van der Waals surface area (Å²) >= 11 is 6.17. The molecule has 2 aromatic carbocycles. The molecule has 3 rings (SSSR count). The lowest BCUT2D eigenvalue weighted by Gasteiger charge is -2.11. The zero-order chi connectivity index (χ0) is 18.6. The zero-order valence-electron chi connectivity index (χ0n) is 14.2. The van der Waals surface area contributed by atoms with Crippen LogP contribution in [-0.2, 0) is 4.74 Å². The lowest BCUT2D eigenvalue weighted by atomic mass is 10.0. The summed E-state index contributed by atoms with van der Waals surface area (Å²) < 4.78 is 32.8. The first kappa shape index (κ1) is 18.9. The molecule has 0 amide bonds. The minimum atomic E-state index is -0.557. The van der Waals surface area contributed by atoms with E-state index in [-0.39, 0.29) is 5.56 Å². The van der Waals surface area contributed by atoms with Crippen LogP contribution in [0, 0.1) is 11.6 Å². The van der Waals surface area contributed by atoms with Gasteiger partial charge in [-0.05, 0) is 24.3 Å². The minimum absolute atomic E-state index is 0.0758. The largest absolute Gasteiger partial charge is 0.497 e. The number of fused-ring (bicyclic) bond motifs is 1. The van der Waals surface area contributed by atoms with Gasteiger partial charge >= 0.3 is 0 Å². The molecule has 2 nitrogen and oxygen atoms in total. The van der Waals surface area contributed by atoms with Gasteiger partial charge in [0, 0.05) is 28.1 Å². The van der Waals surface area contributed by atoms with E-state index in [2.05, 4.69) is 11.6 Å². The van der Waals surface area contributed by atoms with Crippen molar-refractivity contribution in [1.82, 2.24) is 4.98 Å². The second-order valence-corrected chi connectivity index (χ2v) is 5.37. The number of aromatic nitrogens is 1. The average molecular weight is 362 g/mol. The molecule has 3 aromatic rings. The third-order valence-electron chi connectivity index (χ3n) is 3.59. The van der Waals surface area contributed by atoms with E-state index in [1.165, 1.54) is 13.3 Å². The van der Waals surface area contributed by atoms with Crippen LogP contribution in [0.2, 0.25) is 5.02 Å². The van der Waals surface area contributed by atoms with E-state index >= 15 is 0 Å².